The normalized spacial score (nSPS) is 12.8. The van der Waals surface area contributed by atoms with Crippen molar-refractivity contribution in [3.63, 3.8) is 0 Å². The van der Waals surface area contributed by atoms with E-state index >= 15 is 0 Å². The molecule has 1 N–H and O–H groups in total. The summed E-state index contributed by atoms with van der Waals surface area (Å²) in [4.78, 5) is 8.55. The average molecular weight is 179 g/mol. The molecule has 3 nitrogen and oxygen atoms in total. The monoisotopic (exact) mass is 179 g/mol. The van der Waals surface area contributed by atoms with E-state index in [-0.39, 0.29) is 0 Å². The third-order valence-electron chi connectivity index (χ3n) is 1.89. The van der Waals surface area contributed by atoms with Crippen LogP contribution in [-0.4, -0.2) is 22.6 Å². The molecule has 0 spiro atoms. The van der Waals surface area contributed by atoms with E-state index < -0.39 is 0 Å². The predicted molar refractivity (Wildman–Crippen MR) is 53.6 cm³/mol. The van der Waals surface area contributed by atoms with Crippen LogP contribution in [0.1, 0.15) is 25.4 Å². The first-order valence-corrected chi connectivity index (χ1v) is 4.74. The summed E-state index contributed by atoms with van der Waals surface area (Å²) >= 11 is 0. The van der Waals surface area contributed by atoms with Crippen LogP contribution in [-0.2, 0) is 6.42 Å². The first-order valence-electron chi connectivity index (χ1n) is 4.74. The highest BCUT2D eigenvalue weighted by Gasteiger charge is 2.03. The molecular weight excluding hydrogens is 162 g/mol. The lowest BCUT2D eigenvalue weighted by Crippen LogP contribution is -2.28. The van der Waals surface area contributed by atoms with Crippen LogP contribution in [0.2, 0.25) is 0 Å². The van der Waals surface area contributed by atoms with E-state index in [9.17, 15) is 0 Å². The third kappa shape index (κ3) is 3.51. The SMILES string of the molecule is CCNC(C)Cc1nccc(C)n1. The average Bonchev–Trinajstić information content (AvgIpc) is 2.04. The van der Waals surface area contributed by atoms with Gasteiger partial charge in [-0.15, -0.1) is 0 Å². The lowest BCUT2D eigenvalue weighted by Gasteiger charge is -2.10. The Morgan fingerprint density at radius 3 is 2.92 bits per heavy atom. The van der Waals surface area contributed by atoms with Gasteiger partial charge in [0.2, 0.25) is 0 Å². The maximum absolute atomic E-state index is 4.34. The van der Waals surface area contributed by atoms with E-state index in [4.69, 9.17) is 0 Å². The summed E-state index contributed by atoms with van der Waals surface area (Å²) in [6, 6.07) is 2.37. The van der Waals surface area contributed by atoms with Crippen LogP contribution in [0.15, 0.2) is 12.3 Å². The maximum Gasteiger partial charge on any atom is 0.130 e. The number of rotatable bonds is 4. The van der Waals surface area contributed by atoms with Gasteiger partial charge in [-0.2, -0.15) is 0 Å². The van der Waals surface area contributed by atoms with Gasteiger partial charge in [-0.05, 0) is 26.5 Å². The van der Waals surface area contributed by atoms with Crippen LogP contribution < -0.4 is 5.32 Å². The van der Waals surface area contributed by atoms with E-state index in [1.165, 1.54) is 0 Å². The number of aromatic nitrogens is 2. The molecule has 13 heavy (non-hydrogen) atoms. The van der Waals surface area contributed by atoms with E-state index in [0.29, 0.717) is 6.04 Å². The van der Waals surface area contributed by atoms with Crippen LogP contribution >= 0.6 is 0 Å². The number of nitrogens with zero attached hydrogens (tertiary/aromatic N) is 2. The standard InChI is InChI=1S/C10H17N3/c1-4-11-9(3)7-10-12-6-5-8(2)13-10/h5-6,9,11H,4,7H2,1-3H3. The molecule has 0 radical (unpaired) electrons. The zero-order valence-electron chi connectivity index (χ0n) is 8.54. The van der Waals surface area contributed by atoms with Gasteiger partial charge in [-0.1, -0.05) is 6.92 Å². The fourth-order valence-electron chi connectivity index (χ4n) is 1.29. The summed E-state index contributed by atoms with van der Waals surface area (Å²) in [5.74, 6) is 0.924. The van der Waals surface area contributed by atoms with Crippen molar-refractivity contribution < 1.29 is 0 Å². The molecule has 0 amide bonds. The second kappa shape index (κ2) is 4.92. The van der Waals surface area contributed by atoms with E-state index in [1.807, 2.05) is 19.2 Å². The Bertz CT molecular complexity index is 260. The molecule has 0 fully saturated rings. The van der Waals surface area contributed by atoms with E-state index in [2.05, 4.69) is 29.1 Å². The van der Waals surface area contributed by atoms with Crippen LogP contribution in [0.4, 0.5) is 0 Å². The molecule has 0 aliphatic rings. The molecule has 1 aromatic heterocycles. The molecule has 0 aliphatic carbocycles. The van der Waals surface area contributed by atoms with Crippen molar-refractivity contribution in [3.8, 4) is 0 Å². The minimum Gasteiger partial charge on any atom is -0.314 e. The van der Waals surface area contributed by atoms with Crippen molar-refractivity contribution in [1.82, 2.24) is 15.3 Å². The number of likely N-dealkylation sites (N-methyl/N-ethyl adjacent to an activating group) is 1. The molecule has 0 bridgehead atoms. The molecular formula is C10H17N3. The topological polar surface area (TPSA) is 37.8 Å². The highest BCUT2D eigenvalue weighted by Crippen LogP contribution is 1.97. The predicted octanol–water partition coefficient (Wildman–Crippen LogP) is 1.33. The van der Waals surface area contributed by atoms with E-state index in [1.54, 1.807) is 0 Å². The first kappa shape index (κ1) is 10.1. The van der Waals surface area contributed by atoms with Crippen LogP contribution in [0, 0.1) is 6.92 Å². The van der Waals surface area contributed by atoms with Crippen molar-refractivity contribution >= 4 is 0 Å². The molecule has 72 valence electrons. The highest BCUT2D eigenvalue weighted by atomic mass is 14.9. The molecule has 0 aromatic carbocycles. The largest absolute Gasteiger partial charge is 0.314 e. The Kier molecular flexibility index (Phi) is 3.83. The summed E-state index contributed by atoms with van der Waals surface area (Å²) in [5, 5.41) is 3.33. The molecule has 0 saturated heterocycles. The summed E-state index contributed by atoms with van der Waals surface area (Å²) in [7, 11) is 0. The highest BCUT2D eigenvalue weighted by molar-refractivity contribution is 5.00. The van der Waals surface area contributed by atoms with Gasteiger partial charge in [0.1, 0.15) is 5.82 Å². The zero-order valence-corrected chi connectivity index (χ0v) is 8.54. The minimum absolute atomic E-state index is 0.451. The van der Waals surface area contributed by atoms with Crippen molar-refractivity contribution in [1.29, 1.82) is 0 Å². The molecule has 3 heteroatoms. The van der Waals surface area contributed by atoms with Gasteiger partial charge < -0.3 is 5.32 Å². The van der Waals surface area contributed by atoms with Crippen molar-refractivity contribution in [3.05, 3.63) is 23.8 Å². The summed E-state index contributed by atoms with van der Waals surface area (Å²) < 4.78 is 0. The maximum atomic E-state index is 4.34. The second-order valence-electron chi connectivity index (χ2n) is 3.28. The fraction of sp³-hybridized carbons (Fsp3) is 0.600. The lowest BCUT2D eigenvalue weighted by atomic mass is 10.2. The van der Waals surface area contributed by atoms with Crippen LogP contribution in [0.5, 0.6) is 0 Å². The summed E-state index contributed by atoms with van der Waals surface area (Å²) in [5.41, 5.74) is 1.04. The summed E-state index contributed by atoms with van der Waals surface area (Å²) in [6.07, 6.45) is 2.71. The molecule has 0 saturated carbocycles. The first-order chi connectivity index (χ1) is 6.22. The number of aryl methyl sites for hydroxylation is 1. The quantitative estimate of drug-likeness (QED) is 0.757. The van der Waals surface area contributed by atoms with E-state index in [0.717, 1.165) is 24.5 Å². The van der Waals surface area contributed by atoms with Gasteiger partial charge in [-0.25, -0.2) is 9.97 Å². The molecule has 1 unspecified atom stereocenters. The van der Waals surface area contributed by atoms with Crippen LogP contribution in [0.25, 0.3) is 0 Å². The number of hydrogen-bond acceptors (Lipinski definition) is 3. The molecule has 0 aliphatic heterocycles. The molecule has 1 rings (SSSR count). The Labute approximate surface area is 79.6 Å². The van der Waals surface area contributed by atoms with Crippen molar-refractivity contribution in [2.75, 3.05) is 6.54 Å². The Balaban J connectivity index is 2.53. The fourth-order valence-corrected chi connectivity index (χ4v) is 1.29. The molecule has 1 atom stereocenters. The van der Waals surface area contributed by atoms with Gasteiger partial charge in [-0.3, -0.25) is 0 Å². The Morgan fingerprint density at radius 2 is 2.31 bits per heavy atom. The number of nitrogens with one attached hydrogen (secondary N) is 1. The Hall–Kier alpha value is -0.960. The van der Waals surface area contributed by atoms with Crippen LogP contribution in [0.3, 0.4) is 0 Å². The van der Waals surface area contributed by atoms with Crippen molar-refractivity contribution in [2.24, 2.45) is 0 Å². The summed E-state index contributed by atoms with van der Waals surface area (Å²) in [6.45, 7) is 7.23. The van der Waals surface area contributed by atoms with Crippen molar-refractivity contribution in [2.45, 2.75) is 33.2 Å². The molecule has 1 aromatic rings. The second-order valence-corrected chi connectivity index (χ2v) is 3.28. The van der Waals surface area contributed by atoms with Gasteiger partial charge in [0.25, 0.3) is 0 Å². The smallest absolute Gasteiger partial charge is 0.130 e. The number of hydrogen-bond donors (Lipinski definition) is 1. The minimum atomic E-state index is 0.451. The van der Waals surface area contributed by atoms with Gasteiger partial charge in [0.15, 0.2) is 0 Å². The van der Waals surface area contributed by atoms with Gasteiger partial charge >= 0.3 is 0 Å². The molecule has 1 heterocycles. The van der Waals surface area contributed by atoms with Gasteiger partial charge in [0, 0.05) is 24.4 Å². The third-order valence-corrected chi connectivity index (χ3v) is 1.89. The van der Waals surface area contributed by atoms with Gasteiger partial charge in [0.05, 0.1) is 0 Å². The zero-order chi connectivity index (χ0) is 9.68. The lowest BCUT2D eigenvalue weighted by molar-refractivity contribution is 0.551. The Morgan fingerprint density at radius 1 is 1.54 bits per heavy atom.